The molecule has 0 aliphatic rings. The van der Waals surface area contributed by atoms with E-state index in [4.69, 9.17) is 4.98 Å². The quantitative estimate of drug-likeness (QED) is 0.798. The summed E-state index contributed by atoms with van der Waals surface area (Å²) in [7, 11) is 0. The van der Waals surface area contributed by atoms with E-state index in [2.05, 4.69) is 53.0 Å². The molecule has 0 atom stereocenters. The summed E-state index contributed by atoms with van der Waals surface area (Å²) < 4.78 is 2.15. The minimum Gasteiger partial charge on any atom is -0.311 e. The number of para-hydroxylation sites is 1. The van der Waals surface area contributed by atoms with Crippen molar-refractivity contribution in [3.8, 4) is 5.69 Å². The van der Waals surface area contributed by atoms with Crippen LogP contribution < -0.4 is 5.32 Å². The molecule has 0 aliphatic carbocycles. The highest BCUT2D eigenvalue weighted by atomic mass is 15.1. The summed E-state index contributed by atoms with van der Waals surface area (Å²) in [5, 5.41) is 4.49. The van der Waals surface area contributed by atoms with Gasteiger partial charge in [0.2, 0.25) is 0 Å². The van der Waals surface area contributed by atoms with Crippen LogP contribution in [0.15, 0.2) is 36.7 Å². The molecule has 4 heteroatoms. The van der Waals surface area contributed by atoms with Crippen LogP contribution in [0.25, 0.3) is 16.6 Å². The predicted octanol–water partition coefficient (Wildman–Crippen LogP) is 3.15. The van der Waals surface area contributed by atoms with Crippen molar-refractivity contribution in [1.82, 2.24) is 19.9 Å². The van der Waals surface area contributed by atoms with Crippen molar-refractivity contribution < 1.29 is 0 Å². The number of nitrogens with zero attached hydrogens (tertiary/aromatic N) is 3. The summed E-state index contributed by atoms with van der Waals surface area (Å²) in [5.74, 6) is 0. The first-order valence-corrected chi connectivity index (χ1v) is 7.31. The molecular formula is C17H20N4. The van der Waals surface area contributed by atoms with Gasteiger partial charge in [-0.3, -0.25) is 4.98 Å². The second-order valence-electron chi connectivity index (χ2n) is 5.22. The average Bonchev–Trinajstić information content (AvgIpc) is 2.84. The summed E-state index contributed by atoms with van der Waals surface area (Å²) in [6, 6.07) is 10.4. The van der Waals surface area contributed by atoms with Gasteiger partial charge in [-0.1, -0.05) is 25.1 Å². The predicted molar refractivity (Wildman–Crippen MR) is 85.7 cm³/mol. The summed E-state index contributed by atoms with van der Waals surface area (Å²) in [4.78, 5) is 9.16. The van der Waals surface area contributed by atoms with Gasteiger partial charge in [-0.2, -0.15) is 0 Å². The van der Waals surface area contributed by atoms with E-state index in [-0.39, 0.29) is 0 Å². The van der Waals surface area contributed by atoms with Gasteiger partial charge in [-0.05, 0) is 32.5 Å². The third-order valence-corrected chi connectivity index (χ3v) is 3.81. The third-order valence-electron chi connectivity index (χ3n) is 3.81. The van der Waals surface area contributed by atoms with E-state index in [1.165, 1.54) is 5.69 Å². The van der Waals surface area contributed by atoms with E-state index in [0.717, 1.165) is 41.1 Å². The Labute approximate surface area is 124 Å². The molecule has 1 aromatic carbocycles. The van der Waals surface area contributed by atoms with Crippen LogP contribution >= 0.6 is 0 Å². The van der Waals surface area contributed by atoms with E-state index in [1.54, 1.807) is 0 Å². The van der Waals surface area contributed by atoms with Gasteiger partial charge in [0, 0.05) is 17.6 Å². The van der Waals surface area contributed by atoms with Gasteiger partial charge in [-0.25, -0.2) is 4.98 Å². The Bertz CT molecular complexity index is 774. The number of aromatic nitrogens is 3. The Morgan fingerprint density at radius 2 is 2.00 bits per heavy atom. The Kier molecular flexibility index (Phi) is 3.71. The Morgan fingerprint density at radius 3 is 2.71 bits per heavy atom. The monoisotopic (exact) mass is 280 g/mol. The smallest absolute Gasteiger partial charge is 0.0997 e. The molecule has 2 heterocycles. The van der Waals surface area contributed by atoms with Crippen LogP contribution in [0.2, 0.25) is 0 Å². The highest BCUT2D eigenvalue weighted by Gasteiger charge is 2.10. The lowest BCUT2D eigenvalue weighted by Gasteiger charge is -2.12. The molecule has 3 aromatic rings. The molecule has 0 saturated heterocycles. The zero-order valence-corrected chi connectivity index (χ0v) is 12.7. The maximum atomic E-state index is 4.74. The first kappa shape index (κ1) is 13.8. The number of pyridine rings is 1. The van der Waals surface area contributed by atoms with Gasteiger partial charge >= 0.3 is 0 Å². The summed E-state index contributed by atoms with van der Waals surface area (Å²) in [6.45, 7) is 7.95. The number of imidazole rings is 1. The molecule has 0 fully saturated rings. The molecule has 3 rings (SSSR count). The van der Waals surface area contributed by atoms with Crippen LogP contribution in [0.4, 0.5) is 0 Å². The maximum absolute atomic E-state index is 4.74. The SMILES string of the molecule is CCNCc1cc(-n2cnc(C)c2C)c2ccccc2n1. The van der Waals surface area contributed by atoms with Crippen molar-refractivity contribution in [2.75, 3.05) is 6.54 Å². The van der Waals surface area contributed by atoms with E-state index >= 15 is 0 Å². The zero-order valence-electron chi connectivity index (χ0n) is 12.7. The third kappa shape index (κ3) is 2.54. The maximum Gasteiger partial charge on any atom is 0.0997 e. The van der Waals surface area contributed by atoms with Crippen molar-refractivity contribution in [2.45, 2.75) is 27.3 Å². The molecule has 2 aromatic heterocycles. The first-order chi connectivity index (χ1) is 10.2. The minimum atomic E-state index is 0.779. The molecule has 0 amide bonds. The normalized spacial score (nSPS) is 11.2. The van der Waals surface area contributed by atoms with Crippen molar-refractivity contribution in [3.63, 3.8) is 0 Å². The van der Waals surface area contributed by atoms with E-state index in [9.17, 15) is 0 Å². The Balaban J connectivity index is 2.21. The molecule has 1 N–H and O–H groups in total. The number of rotatable bonds is 4. The van der Waals surface area contributed by atoms with Crippen molar-refractivity contribution in [1.29, 1.82) is 0 Å². The molecule has 0 unspecified atom stereocenters. The van der Waals surface area contributed by atoms with Crippen LogP contribution in [0, 0.1) is 13.8 Å². The van der Waals surface area contributed by atoms with Crippen LogP contribution in [0.1, 0.15) is 24.0 Å². The molecular weight excluding hydrogens is 260 g/mol. The van der Waals surface area contributed by atoms with Crippen LogP contribution in [-0.2, 0) is 6.54 Å². The lowest BCUT2D eigenvalue weighted by molar-refractivity contribution is 0.712. The number of hydrogen-bond acceptors (Lipinski definition) is 3. The number of nitrogens with one attached hydrogen (secondary N) is 1. The van der Waals surface area contributed by atoms with E-state index in [0.29, 0.717) is 0 Å². The lowest BCUT2D eigenvalue weighted by atomic mass is 10.1. The summed E-state index contributed by atoms with van der Waals surface area (Å²) in [5.41, 5.74) is 5.45. The molecule has 0 radical (unpaired) electrons. The van der Waals surface area contributed by atoms with Gasteiger partial charge in [-0.15, -0.1) is 0 Å². The van der Waals surface area contributed by atoms with Gasteiger partial charge in [0.1, 0.15) is 0 Å². The molecule has 108 valence electrons. The topological polar surface area (TPSA) is 42.7 Å². The van der Waals surface area contributed by atoms with Gasteiger partial charge in [0.15, 0.2) is 0 Å². The van der Waals surface area contributed by atoms with Crippen molar-refractivity contribution >= 4 is 10.9 Å². The lowest BCUT2D eigenvalue weighted by Crippen LogP contribution is -2.13. The summed E-state index contributed by atoms with van der Waals surface area (Å²) >= 11 is 0. The van der Waals surface area contributed by atoms with Gasteiger partial charge < -0.3 is 9.88 Å². The number of fused-ring (bicyclic) bond motifs is 1. The second kappa shape index (κ2) is 5.66. The zero-order chi connectivity index (χ0) is 14.8. The summed E-state index contributed by atoms with van der Waals surface area (Å²) in [6.07, 6.45) is 1.89. The van der Waals surface area contributed by atoms with Crippen LogP contribution in [0.5, 0.6) is 0 Å². The fraction of sp³-hybridized carbons (Fsp3) is 0.294. The van der Waals surface area contributed by atoms with Crippen molar-refractivity contribution in [3.05, 3.63) is 53.7 Å². The molecule has 21 heavy (non-hydrogen) atoms. The van der Waals surface area contributed by atoms with Crippen LogP contribution in [-0.4, -0.2) is 21.1 Å². The largest absolute Gasteiger partial charge is 0.311 e. The molecule has 0 aliphatic heterocycles. The number of aryl methyl sites for hydroxylation is 1. The Morgan fingerprint density at radius 1 is 1.19 bits per heavy atom. The molecule has 0 bridgehead atoms. The van der Waals surface area contributed by atoms with Gasteiger partial charge in [0.05, 0.1) is 28.9 Å². The first-order valence-electron chi connectivity index (χ1n) is 7.31. The van der Waals surface area contributed by atoms with E-state index < -0.39 is 0 Å². The van der Waals surface area contributed by atoms with Crippen LogP contribution in [0.3, 0.4) is 0 Å². The second-order valence-corrected chi connectivity index (χ2v) is 5.22. The highest BCUT2D eigenvalue weighted by Crippen LogP contribution is 2.24. The highest BCUT2D eigenvalue weighted by molar-refractivity contribution is 5.87. The number of benzene rings is 1. The Hall–Kier alpha value is -2.20. The fourth-order valence-electron chi connectivity index (χ4n) is 2.49. The molecule has 0 saturated carbocycles. The number of hydrogen-bond donors (Lipinski definition) is 1. The standard InChI is InChI=1S/C17H20N4/c1-4-18-10-14-9-17(21-11-19-12(2)13(21)3)15-7-5-6-8-16(15)20-14/h5-9,11,18H,4,10H2,1-3H3. The molecule has 0 spiro atoms. The minimum absolute atomic E-state index is 0.779. The molecule has 4 nitrogen and oxygen atoms in total. The van der Waals surface area contributed by atoms with Crippen molar-refractivity contribution in [2.24, 2.45) is 0 Å². The fourth-order valence-corrected chi connectivity index (χ4v) is 2.49. The average molecular weight is 280 g/mol. The van der Waals surface area contributed by atoms with E-state index in [1.807, 2.05) is 19.3 Å². The van der Waals surface area contributed by atoms with Gasteiger partial charge in [0.25, 0.3) is 0 Å².